The van der Waals surface area contributed by atoms with Gasteiger partial charge in [-0.25, -0.2) is 0 Å². The lowest BCUT2D eigenvalue weighted by atomic mass is 9.62. The molecule has 3 heteroatoms. The molecule has 112 valence electrons. The summed E-state index contributed by atoms with van der Waals surface area (Å²) in [4.78, 5) is 0. The highest BCUT2D eigenvalue weighted by Gasteiger charge is 2.53. The van der Waals surface area contributed by atoms with Crippen LogP contribution in [0.15, 0.2) is 24.3 Å². The normalized spacial score (nSPS) is 24.0. The van der Waals surface area contributed by atoms with Gasteiger partial charge in [-0.1, -0.05) is 20.8 Å². The van der Waals surface area contributed by atoms with E-state index in [1.807, 2.05) is 24.3 Å². The van der Waals surface area contributed by atoms with Crippen LogP contribution in [0.3, 0.4) is 0 Å². The van der Waals surface area contributed by atoms with E-state index in [0.29, 0.717) is 0 Å². The minimum atomic E-state index is 0.138. The number of hydrogen-bond acceptors (Lipinski definition) is 2. The molecule has 0 radical (unpaired) electrons. The molecule has 2 rings (SSSR count). The molecule has 1 fully saturated rings. The first-order valence-electron chi connectivity index (χ1n) is 7.69. The second kappa shape index (κ2) is 6.71. The van der Waals surface area contributed by atoms with Crippen LogP contribution in [0.4, 0.5) is 0 Å². The van der Waals surface area contributed by atoms with Crippen LogP contribution >= 0.6 is 11.6 Å². The first kappa shape index (κ1) is 15.5. The highest BCUT2D eigenvalue weighted by molar-refractivity contribution is 6.21. The average molecular weight is 297 g/mol. The van der Waals surface area contributed by atoms with Crippen molar-refractivity contribution in [1.82, 2.24) is 0 Å². The van der Waals surface area contributed by atoms with E-state index in [0.717, 1.165) is 43.8 Å². The number of hydrogen-bond donors (Lipinski definition) is 0. The summed E-state index contributed by atoms with van der Waals surface area (Å²) in [6.45, 7) is 7.27. The molecule has 2 nitrogen and oxygen atoms in total. The van der Waals surface area contributed by atoms with Gasteiger partial charge in [0.2, 0.25) is 0 Å². The van der Waals surface area contributed by atoms with Crippen LogP contribution in [0.25, 0.3) is 0 Å². The van der Waals surface area contributed by atoms with Crippen LogP contribution < -0.4 is 9.47 Å². The lowest BCUT2D eigenvalue weighted by Crippen LogP contribution is -2.56. The summed E-state index contributed by atoms with van der Waals surface area (Å²) in [5.74, 6) is 1.81. The third-order valence-corrected chi connectivity index (χ3v) is 5.19. The zero-order valence-electron chi connectivity index (χ0n) is 12.7. The minimum Gasteiger partial charge on any atom is -0.494 e. The maximum atomic E-state index is 6.42. The molecule has 1 saturated carbocycles. The Morgan fingerprint density at radius 1 is 1.10 bits per heavy atom. The lowest BCUT2D eigenvalue weighted by molar-refractivity contribution is -0.0462. The van der Waals surface area contributed by atoms with Gasteiger partial charge in [-0.2, -0.15) is 0 Å². The van der Waals surface area contributed by atoms with Gasteiger partial charge in [0.05, 0.1) is 6.61 Å². The summed E-state index contributed by atoms with van der Waals surface area (Å²) in [6, 6.07) is 7.92. The molecule has 1 aromatic rings. The van der Waals surface area contributed by atoms with Crippen molar-refractivity contribution in [3.63, 3.8) is 0 Å². The van der Waals surface area contributed by atoms with Crippen LogP contribution in [0.1, 0.15) is 46.5 Å². The number of halogens is 1. The van der Waals surface area contributed by atoms with E-state index in [4.69, 9.17) is 21.1 Å². The maximum Gasteiger partial charge on any atom is 0.120 e. The van der Waals surface area contributed by atoms with Gasteiger partial charge in [0, 0.05) is 17.2 Å². The van der Waals surface area contributed by atoms with Gasteiger partial charge in [0.15, 0.2) is 0 Å². The van der Waals surface area contributed by atoms with Crippen molar-refractivity contribution in [2.45, 2.75) is 57.9 Å². The van der Waals surface area contributed by atoms with Gasteiger partial charge in [-0.15, -0.1) is 11.6 Å². The van der Waals surface area contributed by atoms with Crippen LogP contribution in [-0.4, -0.2) is 18.1 Å². The third-order valence-electron chi connectivity index (χ3n) is 4.58. The quantitative estimate of drug-likeness (QED) is 0.656. The molecule has 2 unspecified atom stereocenters. The fourth-order valence-electron chi connectivity index (χ4n) is 3.01. The van der Waals surface area contributed by atoms with Crippen molar-refractivity contribution in [1.29, 1.82) is 0 Å². The first-order valence-corrected chi connectivity index (χ1v) is 8.13. The monoisotopic (exact) mass is 296 g/mol. The van der Waals surface area contributed by atoms with Gasteiger partial charge in [-0.3, -0.25) is 0 Å². The highest BCUT2D eigenvalue weighted by atomic mass is 35.5. The zero-order valence-corrected chi connectivity index (χ0v) is 13.5. The topological polar surface area (TPSA) is 18.5 Å². The van der Waals surface area contributed by atoms with E-state index in [1.165, 1.54) is 0 Å². The largest absolute Gasteiger partial charge is 0.494 e. The molecule has 0 N–H and O–H groups in total. The summed E-state index contributed by atoms with van der Waals surface area (Å²) < 4.78 is 11.7. The van der Waals surface area contributed by atoms with Gasteiger partial charge in [-0.05, 0) is 43.5 Å². The van der Waals surface area contributed by atoms with Gasteiger partial charge in [0.25, 0.3) is 0 Å². The van der Waals surface area contributed by atoms with Crippen LogP contribution in [-0.2, 0) is 0 Å². The average Bonchev–Trinajstić information content (AvgIpc) is 2.47. The number of rotatable bonds is 7. The van der Waals surface area contributed by atoms with Gasteiger partial charge >= 0.3 is 0 Å². The van der Waals surface area contributed by atoms with Crippen molar-refractivity contribution in [2.24, 2.45) is 5.41 Å². The van der Waals surface area contributed by atoms with Crippen molar-refractivity contribution >= 4 is 11.6 Å². The minimum absolute atomic E-state index is 0.138. The predicted molar refractivity (Wildman–Crippen MR) is 83.9 cm³/mol. The molecule has 0 bridgehead atoms. The fourth-order valence-corrected chi connectivity index (χ4v) is 3.62. The molecule has 1 aliphatic carbocycles. The Labute approximate surface area is 127 Å². The molecule has 0 aromatic heterocycles. The molecular weight excluding hydrogens is 272 g/mol. The van der Waals surface area contributed by atoms with E-state index in [-0.39, 0.29) is 16.9 Å². The van der Waals surface area contributed by atoms with E-state index >= 15 is 0 Å². The van der Waals surface area contributed by atoms with Gasteiger partial charge in [0.1, 0.15) is 17.6 Å². The van der Waals surface area contributed by atoms with E-state index in [1.54, 1.807) is 0 Å². The molecule has 0 aliphatic heterocycles. The summed E-state index contributed by atoms with van der Waals surface area (Å²) >= 11 is 6.42. The standard InChI is InChI=1S/C17H25ClO2/c1-4-11-19-13-7-9-14(10-8-13)20-16-12-15(18)17(16,5-2)6-3/h7-10,15-16H,4-6,11-12H2,1-3H3. The Bertz CT molecular complexity index is 412. The molecule has 0 amide bonds. The number of benzene rings is 1. The molecule has 0 saturated heterocycles. The molecule has 0 spiro atoms. The first-order chi connectivity index (χ1) is 9.66. The molecular formula is C17H25ClO2. The van der Waals surface area contributed by atoms with E-state index in [9.17, 15) is 0 Å². The molecule has 1 aliphatic rings. The summed E-state index contributed by atoms with van der Waals surface area (Å²) in [5, 5.41) is 0.245. The fraction of sp³-hybridized carbons (Fsp3) is 0.647. The molecule has 1 aromatic carbocycles. The second-order valence-corrected chi connectivity index (χ2v) is 6.10. The van der Waals surface area contributed by atoms with E-state index in [2.05, 4.69) is 20.8 Å². The Morgan fingerprint density at radius 2 is 1.70 bits per heavy atom. The molecule has 20 heavy (non-hydrogen) atoms. The Morgan fingerprint density at radius 3 is 2.20 bits per heavy atom. The zero-order chi connectivity index (χ0) is 14.6. The van der Waals surface area contributed by atoms with Gasteiger partial charge < -0.3 is 9.47 Å². The van der Waals surface area contributed by atoms with E-state index < -0.39 is 0 Å². The van der Waals surface area contributed by atoms with Crippen LogP contribution in [0.5, 0.6) is 11.5 Å². The van der Waals surface area contributed by atoms with Crippen molar-refractivity contribution in [3.8, 4) is 11.5 Å². The summed E-state index contributed by atoms with van der Waals surface area (Å²) in [5.41, 5.74) is 0.138. The predicted octanol–water partition coefficient (Wildman–Crippen LogP) is 5.04. The van der Waals surface area contributed by atoms with Crippen molar-refractivity contribution in [2.75, 3.05) is 6.61 Å². The number of alkyl halides is 1. The lowest BCUT2D eigenvalue weighted by Gasteiger charge is -2.52. The summed E-state index contributed by atoms with van der Waals surface area (Å²) in [7, 11) is 0. The maximum absolute atomic E-state index is 6.42. The van der Waals surface area contributed by atoms with Crippen molar-refractivity contribution < 1.29 is 9.47 Å². The Hall–Kier alpha value is -0.890. The second-order valence-electron chi connectivity index (χ2n) is 5.57. The van der Waals surface area contributed by atoms with Crippen LogP contribution in [0, 0.1) is 5.41 Å². The highest BCUT2D eigenvalue weighted by Crippen LogP contribution is 2.51. The van der Waals surface area contributed by atoms with Crippen molar-refractivity contribution in [3.05, 3.63) is 24.3 Å². The Kier molecular flexibility index (Phi) is 5.20. The molecule has 2 atom stereocenters. The summed E-state index contributed by atoms with van der Waals surface area (Å²) in [6.07, 6.45) is 4.34. The SMILES string of the molecule is CCCOc1ccc(OC2CC(Cl)C2(CC)CC)cc1. The Balaban J connectivity index is 1.97. The van der Waals surface area contributed by atoms with Crippen LogP contribution in [0.2, 0.25) is 0 Å². The third kappa shape index (κ3) is 2.90. The smallest absolute Gasteiger partial charge is 0.120 e. The number of ether oxygens (including phenoxy) is 2. The molecule has 0 heterocycles.